The number of H-pyrrole nitrogens is 1. The number of anilines is 1. The highest BCUT2D eigenvalue weighted by atomic mass is 32.2. The molecule has 0 saturated carbocycles. The van der Waals surface area contributed by atoms with E-state index < -0.39 is 6.17 Å². The minimum absolute atomic E-state index is 0.134. The van der Waals surface area contributed by atoms with Gasteiger partial charge < -0.3 is 4.74 Å². The molecule has 4 rings (SSSR count). The molecule has 1 N–H and O–H groups in total. The molecule has 0 bridgehead atoms. The zero-order valence-electron chi connectivity index (χ0n) is 21.3. The number of hydrogen-bond acceptors (Lipinski definition) is 5. The maximum Gasteiger partial charge on any atom is 0.325 e. The third-order valence-electron chi connectivity index (χ3n) is 6.29. The zero-order chi connectivity index (χ0) is 25.5. The van der Waals surface area contributed by atoms with Crippen molar-refractivity contribution in [1.82, 2.24) is 10.1 Å². The first-order valence-electron chi connectivity index (χ1n) is 12.9. The molecule has 7 nitrogen and oxygen atoms in total. The minimum Gasteiger partial charge on any atom is -0.493 e. The molecule has 36 heavy (non-hydrogen) atoms. The van der Waals surface area contributed by atoms with Crippen molar-refractivity contribution in [2.45, 2.75) is 70.6 Å². The molecule has 1 aliphatic heterocycles. The van der Waals surface area contributed by atoms with E-state index in [1.807, 2.05) is 48.5 Å². The molecule has 1 amide bonds. The first kappa shape index (κ1) is 25.9. The Bertz CT molecular complexity index is 1260. The molecular weight excluding hydrogens is 472 g/mol. The number of benzene rings is 2. The molecular formula is C28H35N4O3S+. The Balaban J connectivity index is 1.84. The van der Waals surface area contributed by atoms with Gasteiger partial charge in [0.2, 0.25) is 11.1 Å². The van der Waals surface area contributed by atoms with E-state index in [1.165, 1.54) is 18.2 Å². The molecule has 0 spiro atoms. The van der Waals surface area contributed by atoms with Crippen molar-refractivity contribution >= 4 is 23.4 Å². The Kier molecular flexibility index (Phi) is 8.80. The molecule has 0 aliphatic carbocycles. The van der Waals surface area contributed by atoms with E-state index in [0.717, 1.165) is 43.4 Å². The summed E-state index contributed by atoms with van der Waals surface area (Å²) in [6.45, 7) is 6.47. The van der Waals surface area contributed by atoms with Crippen molar-refractivity contribution in [2.24, 2.45) is 0 Å². The van der Waals surface area contributed by atoms with Crippen LogP contribution in [0, 0.1) is 0 Å². The second kappa shape index (κ2) is 12.2. The summed E-state index contributed by atoms with van der Waals surface area (Å²) in [5.41, 5.74) is 2.38. The Hall–Kier alpha value is -3.13. The highest BCUT2D eigenvalue weighted by Crippen LogP contribution is 2.39. The summed E-state index contributed by atoms with van der Waals surface area (Å²) in [7, 11) is 0. The number of thioether (sulfide) groups is 1. The van der Waals surface area contributed by atoms with Crippen LogP contribution in [-0.4, -0.2) is 28.3 Å². The molecule has 1 atom stereocenters. The van der Waals surface area contributed by atoms with Crippen LogP contribution in [-0.2, 0) is 4.79 Å². The van der Waals surface area contributed by atoms with Crippen molar-refractivity contribution in [2.75, 3.05) is 17.3 Å². The topological polar surface area (TPSA) is 79.2 Å². The summed E-state index contributed by atoms with van der Waals surface area (Å²) in [6, 6.07) is 15.3. The lowest BCUT2D eigenvalue weighted by molar-refractivity contribution is -0.763. The van der Waals surface area contributed by atoms with Crippen molar-refractivity contribution in [3.05, 3.63) is 64.4 Å². The van der Waals surface area contributed by atoms with Crippen molar-refractivity contribution < 1.29 is 14.2 Å². The number of rotatable bonds is 11. The highest BCUT2D eigenvalue weighted by Gasteiger charge is 2.46. The van der Waals surface area contributed by atoms with E-state index in [0.29, 0.717) is 34.5 Å². The molecule has 0 fully saturated rings. The molecule has 190 valence electrons. The molecule has 2 aromatic carbocycles. The van der Waals surface area contributed by atoms with Crippen molar-refractivity contribution in [1.29, 1.82) is 0 Å². The normalized spacial score (nSPS) is 14.3. The van der Waals surface area contributed by atoms with Crippen LogP contribution >= 0.6 is 11.8 Å². The molecule has 1 aromatic heterocycles. The lowest BCUT2D eigenvalue weighted by Gasteiger charge is -2.32. The second-order valence-corrected chi connectivity index (χ2v) is 10.1. The number of aromatic amines is 1. The molecule has 0 saturated heterocycles. The van der Waals surface area contributed by atoms with Crippen LogP contribution in [0.2, 0.25) is 0 Å². The second-order valence-electron chi connectivity index (χ2n) is 8.98. The molecule has 3 aromatic rings. The lowest BCUT2D eigenvalue weighted by atomic mass is 10.0. The molecule has 1 aliphatic rings. The van der Waals surface area contributed by atoms with E-state index in [9.17, 15) is 9.59 Å². The number of nitrogens with zero attached hydrogens (tertiary/aromatic N) is 3. The van der Waals surface area contributed by atoms with Crippen molar-refractivity contribution in [3.8, 4) is 17.0 Å². The Morgan fingerprint density at radius 1 is 1.06 bits per heavy atom. The van der Waals surface area contributed by atoms with Gasteiger partial charge in [0, 0.05) is 17.8 Å². The SMILES string of the molecule is CCCCCCOc1ccccc1C1N(C(C)=O)c2ccccc2-c2c(=O)[nH]c(SCCCC)n[n+]21. The number of aromatic nitrogens is 3. The van der Waals surface area contributed by atoms with Gasteiger partial charge in [0.1, 0.15) is 5.75 Å². The van der Waals surface area contributed by atoms with E-state index in [4.69, 9.17) is 9.84 Å². The monoisotopic (exact) mass is 507 g/mol. The van der Waals surface area contributed by atoms with E-state index in [-0.39, 0.29) is 11.5 Å². The summed E-state index contributed by atoms with van der Waals surface area (Å²) in [5.74, 6) is 1.42. The van der Waals surface area contributed by atoms with E-state index >= 15 is 0 Å². The molecule has 0 radical (unpaired) electrons. The number of carbonyl (C=O) groups excluding carboxylic acids is 1. The van der Waals surface area contributed by atoms with Crippen LogP contribution in [0.1, 0.15) is 71.0 Å². The fourth-order valence-electron chi connectivity index (χ4n) is 4.51. The largest absolute Gasteiger partial charge is 0.493 e. The quantitative estimate of drug-likeness (QED) is 0.211. The number of amides is 1. The average Bonchev–Trinajstić information content (AvgIpc) is 2.88. The fraction of sp³-hybridized carbons (Fsp3) is 0.429. The van der Waals surface area contributed by atoms with Gasteiger partial charge in [-0.1, -0.05) is 75.6 Å². The van der Waals surface area contributed by atoms with Gasteiger partial charge in [0.15, 0.2) is 0 Å². The number of unbranched alkanes of at least 4 members (excludes halogenated alkanes) is 4. The van der Waals surface area contributed by atoms with Crippen LogP contribution in [0.25, 0.3) is 11.3 Å². The fourth-order valence-corrected chi connectivity index (χ4v) is 5.44. The number of fused-ring (bicyclic) bond motifs is 3. The number of hydrogen-bond donors (Lipinski definition) is 1. The Morgan fingerprint density at radius 2 is 1.81 bits per heavy atom. The van der Waals surface area contributed by atoms with E-state index in [2.05, 4.69) is 18.8 Å². The standard InChI is InChI=1S/C28H34N4O3S/c1-4-6-8-13-18-35-24-17-12-10-15-22(24)27-31(20(3)33)23-16-11-9-14-21(23)25-26(34)29-28(30-32(25)27)36-19-7-5-2/h9-12,14-17,27H,4-8,13,18-19H2,1-3H3/p+1. The smallest absolute Gasteiger partial charge is 0.325 e. The number of nitrogens with one attached hydrogen (secondary N) is 1. The van der Waals surface area contributed by atoms with Crippen LogP contribution in [0.4, 0.5) is 5.69 Å². The first-order chi connectivity index (χ1) is 17.6. The maximum atomic E-state index is 13.4. The minimum atomic E-state index is -0.646. The number of ether oxygens (including phenoxy) is 1. The predicted octanol–water partition coefficient (Wildman–Crippen LogP) is 5.49. The summed E-state index contributed by atoms with van der Waals surface area (Å²) in [4.78, 5) is 31.2. The molecule has 8 heteroatoms. The predicted molar refractivity (Wildman–Crippen MR) is 143 cm³/mol. The Morgan fingerprint density at radius 3 is 2.58 bits per heavy atom. The summed E-state index contributed by atoms with van der Waals surface area (Å²) < 4.78 is 7.94. The van der Waals surface area contributed by atoms with Gasteiger partial charge in [-0.25, -0.2) is 4.90 Å². The van der Waals surface area contributed by atoms with Gasteiger partial charge in [-0.3, -0.25) is 14.6 Å². The van der Waals surface area contributed by atoms with Gasteiger partial charge in [-0.05, 0) is 41.8 Å². The lowest BCUT2D eigenvalue weighted by Crippen LogP contribution is -2.60. The number of carbonyl (C=O) groups is 1. The molecule has 2 heterocycles. The Labute approximate surface area is 216 Å². The van der Waals surface area contributed by atoms with Crippen LogP contribution < -0.4 is 19.9 Å². The van der Waals surface area contributed by atoms with Gasteiger partial charge in [-0.2, -0.15) is 0 Å². The van der Waals surface area contributed by atoms with Gasteiger partial charge in [0.05, 0.1) is 23.4 Å². The average molecular weight is 508 g/mol. The third-order valence-corrected chi connectivity index (χ3v) is 7.24. The maximum absolute atomic E-state index is 13.4. The third kappa shape index (κ3) is 5.48. The molecule has 1 unspecified atom stereocenters. The summed E-state index contributed by atoms with van der Waals surface area (Å²) in [5, 5.41) is 5.42. The van der Waals surface area contributed by atoms with Gasteiger partial charge in [-0.15, -0.1) is 0 Å². The van der Waals surface area contributed by atoms with Crippen LogP contribution in [0.15, 0.2) is 58.5 Å². The first-order valence-corrected chi connectivity index (χ1v) is 13.8. The van der Waals surface area contributed by atoms with Gasteiger partial charge >= 0.3 is 11.3 Å². The number of para-hydroxylation sites is 2. The zero-order valence-corrected chi connectivity index (χ0v) is 22.1. The van der Waals surface area contributed by atoms with E-state index in [1.54, 1.807) is 16.5 Å². The summed E-state index contributed by atoms with van der Waals surface area (Å²) in [6.07, 6.45) is 5.86. The highest BCUT2D eigenvalue weighted by molar-refractivity contribution is 7.99. The van der Waals surface area contributed by atoms with Crippen LogP contribution in [0.5, 0.6) is 5.75 Å². The van der Waals surface area contributed by atoms with Gasteiger partial charge in [0.25, 0.3) is 6.17 Å². The van der Waals surface area contributed by atoms with Crippen molar-refractivity contribution in [3.63, 3.8) is 0 Å². The summed E-state index contributed by atoms with van der Waals surface area (Å²) >= 11 is 1.52. The van der Waals surface area contributed by atoms with Crippen LogP contribution in [0.3, 0.4) is 0 Å².